The van der Waals surface area contributed by atoms with Gasteiger partial charge in [0.25, 0.3) is 0 Å². The van der Waals surface area contributed by atoms with Gasteiger partial charge in [-0.1, -0.05) is 6.07 Å². The van der Waals surface area contributed by atoms with Crippen LogP contribution in [-0.2, 0) is 4.79 Å². The fourth-order valence-corrected chi connectivity index (χ4v) is 1.94. The van der Waals surface area contributed by atoms with E-state index in [9.17, 15) is 4.79 Å². The van der Waals surface area contributed by atoms with Crippen molar-refractivity contribution in [3.63, 3.8) is 0 Å². The Bertz CT molecular complexity index is 400. The van der Waals surface area contributed by atoms with Crippen molar-refractivity contribution in [2.45, 2.75) is 24.8 Å². The molecule has 0 saturated heterocycles. The van der Waals surface area contributed by atoms with Crippen LogP contribution in [0.1, 0.15) is 19.3 Å². The third-order valence-electron chi connectivity index (χ3n) is 3.13. The van der Waals surface area contributed by atoms with Gasteiger partial charge in [0.15, 0.2) is 0 Å². The number of carbonyl (C=O) groups is 1. The number of ether oxygens (including phenoxy) is 1. The molecular formula is C12H16N2O2. The van der Waals surface area contributed by atoms with Gasteiger partial charge >= 0.3 is 0 Å². The van der Waals surface area contributed by atoms with Gasteiger partial charge in [-0.3, -0.25) is 4.79 Å². The molecule has 1 saturated carbocycles. The largest absolute Gasteiger partial charge is 0.497 e. The van der Waals surface area contributed by atoms with Gasteiger partial charge in [-0.25, -0.2) is 0 Å². The molecule has 86 valence electrons. The molecule has 0 spiro atoms. The zero-order valence-corrected chi connectivity index (χ0v) is 9.32. The molecule has 0 radical (unpaired) electrons. The van der Waals surface area contributed by atoms with Gasteiger partial charge < -0.3 is 15.8 Å². The normalized spacial score (nSPS) is 17.3. The van der Waals surface area contributed by atoms with Crippen molar-refractivity contribution in [1.82, 2.24) is 0 Å². The summed E-state index contributed by atoms with van der Waals surface area (Å²) in [6.45, 7) is 0. The number of nitrogens with one attached hydrogen (secondary N) is 1. The zero-order chi connectivity index (χ0) is 11.6. The molecule has 1 aromatic rings. The molecule has 3 N–H and O–H groups in total. The van der Waals surface area contributed by atoms with Gasteiger partial charge in [0.2, 0.25) is 5.91 Å². The SMILES string of the molecule is COc1cccc(NC2(C(N)=O)CCC2)c1. The highest BCUT2D eigenvalue weighted by Crippen LogP contribution is 2.35. The van der Waals surface area contributed by atoms with Gasteiger partial charge in [-0.05, 0) is 31.4 Å². The smallest absolute Gasteiger partial charge is 0.243 e. The maximum Gasteiger partial charge on any atom is 0.243 e. The standard InChI is InChI=1S/C12H16N2O2/c1-16-10-5-2-4-9(8-10)14-12(11(13)15)6-3-7-12/h2,4-5,8,14H,3,6-7H2,1H3,(H2,13,15). The molecule has 1 aliphatic carbocycles. The second kappa shape index (κ2) is 4.04. The van der Waals surface area contributed by atoms with Crippen LogP contribution in [0.3, 0.4) is 0 Å². The van der Waals surface area contributed by atoms with Gasteiger partial charge in [0, 0.05) is 11.8 Å². The van der Waals surface area contributed by atoms with Crippen LogP contribution >= 0.6 is 0 Å². The molecule has 0 aliphatic heterocycles. The minimum absolute atomic E-state index is 0.276. The van der Waals surface area contributed by atoms with E-state index in [2.05, 4.69) is 5.32 Å². The number of methoxy groups -OCH3 is 1. The summed E-state index contributed by atoms with van der Waals surface area (Å²) < 4.78 is 5.13. The molecule has 1 aromatic carbocycles. The highest BCUT2D eigenvalue weighted by molar-refractivity contribution is 5.89. The highest BCUT2D eigenvalue weighted by Gasteiger charge is 2.42. The first-order valence-electron chi connectivity index (χ1n) is 5.38. The average molecular weight is 220 g/mol. The van der Waals surface area contributed by atoms with Gasteiger partial charge in [0.1, 0.15) is 11.3 Å². The molecule has 0 atom stereocenters. The Morgan fingerprint density at radius 2 is 2.25 bits per heavy atom. The number of benzene rings is 1. The molecule has 0 heterocycles. The van der Waals surface area contributed by atoms with Crippen molar-refractivity contribution in [2.75, 3.05) is 12.4 Å². The summed E-state index contributed by atoms with van der Waals surface area (Å²) in [5.74, 6) is 0.491. The van der Waals surface area contributed by atoms with E-state index in [1.807, 2.05) is 24.3 Å². The molecule has 4 heteroatoms. The summed E-state index contributed by atoms with van der Waals surface area (Å²) in [6.07, 6.45) is 2.65. The van der Waals surface area contributed by atoms with Gasteiger partial charge in [-0.2, -0.15) is 0 Å². The Labute approximate surface area is 94.8 Å². The minimum Gasteiger partial charge on any atom is -0.497 e. The summed E-state index contributed by atoms with van der Waals surface area (Å²) in [5.41, 5.74) is 5.74. The number of carbonyl (C=O) groups excluding carboxylic acids is 1. The quantitative estimate of drug-likeness (QED) is 0.808. The molecule has 0 bridgehead atoms. The maximum atomic E-state index is 11.4. The molecule has 0 aromatic heterocycles. The number of hydrogen-bond donors (Lipinski definition) is 2. The molecule has 2 rings (SSSR count). The molecule has 1 amide bonds. The number of nitrogens with two attached hydrogens (primary N) is 1. The van der Waals surface area contributed by atoms with Crippen molar-refractivity contribution in [3.05, 3.63) is 24.3 Å². The maximum absolute atomic E-state index is 11.4. The van der Waals surface area contributed by atoms with E-state index in [0.29, 0.717) is 0 Å². The molecule has 1 aliphatic rings. The van der Waals surface area contributed by atoms with Crippen molar-refractivity contribution < 1.29 is 9.53 Å². The van der Waals surface area contributed by atoms with E-state index in [-0.39, 0.29) is 5.91 Å². The number of anilines is 1. The zero-order valence-electron chi connectivity index (χ0n) is 9.32. The van der Waals surface area contributed by atoms with Crippen molar-refractivity contribution in [3.8, 4) is 5.75 Å². The van der Waals surface area contributed by atoms with E-state index < -0.39 is 5.54 Å². The second-order valence-corrected chi connectivity index (χ2v) is 4.16. The topological polar surface area (TPSA) is 64.3 Å². The van der Waals surface area contributed by atoms with E-state index in [4.69, 9.17) is 10.5 Å². The van der Waals surface area contributed by atoms with E-state index in [1.54, 1.807) is 7.11 Å². The van der Waals surface area contributed by atoms with Crippen LogP contribution in [0.5, 0.6) is 5.75 Å². The number of rotatable bonds is 4. The minimum atomic E-state index is -0.549. The van der Waals surface area contributed by atoms with E-state index in [0.717, 1.165) is 30.7 Å². The van der Waals surface area contributed by atoms with Crippen LogP contribution in [-0.4, -0.2) is 18.6 Å². The lowest BCUT2D eigenvalue weighted by Gasteiger charge is -2.40. The third kappa shape index (κ3) is 1.83. The molecular weight excluding hydrogens is 204 g/mol. The lowest BCUT2D eigenvalue weighted by molar-refractivity contribution is -0.124. The van der Waals surface area contributed by atoms with Crippen molar-refractivity contribution >= 4 is 11.6 Å². The van der Waals surface area contributed by atoms with Crippen LogP contribution in [0.25, 0.3) is 0 Å². The number of amides is 1. The lowest BCUT2D eigenvalue weighted by atomic mass is 9.76. The van der Waals surface area contributed by atoms with Crippen LogP contribution in [0, 0.1) is 0 Å². The Kier molecular flexibility index (Phi) is 2.73. The van der Waals surface area contributed by atoms with Crippen LogP contribution in [0.15, 0.2) is 24.3 Å². The first kappa shape index (κ1) is 10.8. The van der Waals surface area contributed by atoms with E-state index >= 15 is 0 Å². The predicted molar refractivity (Wildman–Crippen MR) is 62.4 cm³/mol. The van der Waals surface area contributed by atoms with E-state index in [1.165, 1.54) is 0 Å². The fraction of sp³-hybridized carbons (Fsp3) is 0.417. The Morgan fingerprint density at radius 1 is 1.50 bits per heavy atom. The average Bonchev–Trinajstić information content (AvgIpc) is 2.23. The fourth-order valence-electron chi connectivity index (χ4n) is 1.94. The highest BCUT2D eigenvalue weighted by atomic mass is 16.5. The lowest BCUT2D eigenvalue weighted by Crippen LogP contribution is -2.55. The monoisotopic (exact) mass is 220 g/mol. The Morgan fingerprint density at radius 3 is 2.75 bits per heavy atom. The van der Waals surface area contributed by atoms with Crippen molar-refractivity contribution in [1.29, 1.82) is 0 Å². The van der Waals surface area contributed by atoms with Crippen molar-refractivity contribution in [2.24, 2.45) is 5.73 Å². The van der Waals surface area contributed by atoms with Crippen LogP contribution < -0.4 is 15.8 Å². The summed E-state index contributed by atoms with van der Waals surface area (Å²) in [7, 11) is 1.62. The number of hydrogen-bond acceptors (Lipinski definition) is 3. The van der Waals surface area contributed by atoms with Crippen LogP contribution in [0.2, 0.25) is 0 Å². The number of primary amides is 1. The Hall–Kier alpha value is -1.71. The van der Waals surface area contributed by atoms with Gasteiger partial charge in [0.05, 0.1) is 7.11 Å². The van der Waals surface area contributed by atoms with Crippen LogP contribution in [0.4, 0.5) is 5.69 Å². The first-order valence-corrected chi connectivity index (χ1v) is 5.38. The molecule has 1 fully saturated rings. The summed E-state index contributed by atoms with van der Waals surface area (Å²) in [6, 6.07) is 7.52. The molecule has 0 unspecified atom stereocenters. The summed E-state index contributed by atoms with van der Waals surface area (Å²) in [4.78, 5) is 11.4. The summed E-state index contributed by atoms with van der Waals surface area (Å²) >= 11 is 0. The first-order chi connectivity index (χ1) is 7.66. The van der Waals surface area contributed by atoms with Gasteiger partial charge in [-0.15, -0.1) is 0 Å². The second-order valence-electron chi connectivity index (χ2n) is 4.16. The third-order valence-corrected chi connectivity index (χ3v) is 3.13. The predicted octanol–water partition coefficient (Wildman–Crippen LogP) is 1.52. The summed E-state index contributed by atoms with van der Waals surface area (Å²) in [5, 5.41) is 3.21. The Balaban J connectivity index is 2.16. The molecule has 16 heavy (non-hydrogen) atoms. The molecule has 4 nitrogen and oxygen atoms in total.